The van der Waals surface area contributed by atoms with Gasteiger partial charge in [0, 0.05) is 11.8 Å². The lowest BCUT2D eigenvalue weighted by atomic mass is 10.2. The van der Waals surface area contributed by atoms with Gasteiger partial charge >= 0.3 is 0 Å². The van der Waals surface area contributed by atoms with Gasteiger partial charge in [0.1, 0.15) is 5.69 Å². The number of carbonyl (C=O) groups is 1. The van der Waals surface area contributed by atoms with Crippen molar-refractivity contribution in [1.82, 2.24) is 4.98 Å². The van der Waals surface area contributed by atoms with Crippen LogP contribution in [0.1, 0.15) is 16.1 Å². The first-order valence-corrected chi connectivity index (χ1v) is 2.88. The highest BCUT2D eigenvalue weighted by Crippen LogP contribution is 1.96. The number of pyridine rings is 1. The predicted octanol–water partition coefficient (Wildman–Crippen LogP) is -0.574. The number of hydrogen-bond acceptors (Lipinski definition) is 3. The first-order chi connectivity index (χ1) is 5.24. The summed E-state index contributed by atoms with van der Waals surface area (Å²) in [5.74, 6) is 1.02. The monoisotopic (exact) mass is 146 g/mol. The van der Waals surface area contributed by atoms with Crippen molar-refractivity contribution < 1.29 is 9.90 Å². The molecule has 0 aliphatic carbocycles. The van der Waals surface area contributed by atoms with E-state index in [-0.39, 0.29) is 5.56 Å². The van der Waals surface area contributed by atoms with Gasteiger partial charge < -0.3 is 9.90 Å². The molecule has 0 spiro atoms. The molecule has 0 atom stereocenters. The van der Waals surface area contributed by atoms with E-state index < -0.39 is 5.97 Å². The van der Waals surface area contributed by atoms with Gasteiger partial charge in [-0.1, -0.05) is 5.92 Å². The molecule has 1 aromatic rings. The van der Waals surface area contributed by atoms with Crippen molar-refractivity contribution in [1.29, 1.82) is 0 Å². The number of hydrogen-bond donors (Lipinski definition) is 0. The van der Waals surface area contributed by atoms with Gasteiger partial charge in [0.05, 0.1) is 5.97 Å². The third kappa shape index (κ3) is 1.55. The Morgan fingerprint density at radius 3 is 2.73 bits per heavy atom. The van der Waals surface area contributed by atoms with Crippen LogP contribution in [0.25, 0.3) is 0 Å². The fraction of sp³-hybridized carbons (Fsp3) is 0. The lowest BCUT2D eigenvalue weighted by Crippen LogP contribution is -2.22. The zero-order valence-corrected chi connectivity index (χ0v) is 5.57. The van der Waals surface area contributed by atoms with E-state index in [1.807, 2.05) is 0 Å². The number of aromatic nitrogens is 1. The molecule has 0 aliphatic heterocycles. The average molecular weight is 146 g/mol. The highest BCUT2D eigenvalue weighted by atomic mass is 16.4. The number of rotatable bonds is 1. The van der Waals surface area contributed by atoms with Gasteiger partial charge in [0.25, 0.3) is 0 Å². The van der Waals surface area contributed by atoms with E-state index in [1.165, 1.54) is 18.3 Å². The van der Waals surface area contributed by atoms with Gasteiger partial charge in [-0.05, 0) is 12.1 Å². The van der Waals surface area contributed by atoms with Crippen LogP contribution in [0.2, 0.25) is 0 Å². The SMILES string of the molecule is C#Cc1ccc(C(=O)[O-])cn1. The van der Waals surface area contributed by atoms with Crippen molar-refractivity contribution in [2.75, 3.05) is 0 Å². The molecular weight excluding hydrogens is 142 g/mol. The maximum Gasteiger partial charge on any atom is 0.112 e. The third-order valence-electron chi connectivity index (χ3n) is 1.15. The molecule has 0 bridgehead atoms. The number of terminal acetylenes is 1. The van der Waals surface area contributed by atoms with Gasteiger partial charge in [0.15, 0.2) is 0 Å². The minimum absolute atomic E-state index is 0.0315. The molecule has 0 aliphatic rings. The molecule has 54 valence electrons. The van der Waals surface area contributed by atoms with Gasteiger partial charge in [-0.3, -0.25) is 0 Å². The zero-order valence-electron chi connectivity index (χ0n) is 5.57. The Kier molecular flexibility index (Phi) is 1.88. The Morgan fingerprint density at radius 2 is 2.36 bits per heavy atom. The van der Waals surface area contributed by atoms with Crippen molar-refractivity contribution in [3.8, 4) is 12.3 Å². The molecule has 3 nitrogen and oxygen atoms in total. The fourth-order valence-electron chi connectivity index (χ4n) is 0.600. The Hall–Kier alpha value is -1.82. The summed E-state index contributed by atoms with van der Waals surface area (Å²) in [7, 11) is 0. The van der Waals surface area contributed by atoms with Crippen LogP contribution in [0.3, 0.4) is 0 Å². The van der Waals surface area contributed by atoms with Crippen molar-refractivity contribution in [2.24, 2.45) is 0 Å². The van der Waals surface area contributed by atoms with E-state index in [1.54, 1.807) is 0 Å². The van der Waals surface area contributed by atoms with Gasteiger partial charge in [-0.25, -0.2) is 4.98 Å². The largest absolute Gasteiger partial charge is 0.545 e. The summed E-state index contributed by atoms with van der Waals surface area (Å²) >= 11 is 0. The van der Waals surface area contributed by atoms with Crippen LogP contribution in [-0.2, 0) is 0 Å². The second-order valence-corrected chi connectivity index (χ2v) is 1.86. The van der Waals surface area contributed by atoms with Crippen molar-refractivity contribution in [3.05, 3.63) is 29.6 Å². The number of nitrogens with zero attached hydrogens (tertiary/aromatic N) is 1. The van der Waals surface area contributed by atoms with E-state index in [0.29, 0.717) is 5.69 Å². The maximum absolute atomic E-state index is 10.2. The molecule has 0 amide bonds. The molecule has 0 saturated carbocycles. The number of carbonyl (C=O) groups excluding carboxylic acids is 1. The fourth-order valence-corrected chi connectivity index (χ4v) is 0.600. The number of carboxylic acid groups (broad SMARTS) is 1. The summed E-state index contributed by atoms with van der Waals surface area (Å²) in [6, 6.07) is 2.81. The second-order valence-electron chi connectivity index (χ2n) is 1.86. The van der Waals surface area contributed by atoms with Gasteiger partial charge in [0.2, 0.25) is 0 Å². The van der Waals surface area contributed by atoms with Crippen molar-refractivity contribution in [3.63, 3.8) is 0 Å². The molecule has 1 aromatic heterocycles. The lowest BCUT2D eigenvalue weighted by molar-refractivity contribution is -0.255. The lowest BCUT2D eigenvalue weighted by Gasteiger charge is -1.99. The molecule has 0 N–H and O–H groups in total. The Labute approximate surface area is 63.7 Å². The molecule has 1 heterocycles. The highest BCUT2D eigenvalue weighted by molar-refractivity contribution is 5.85. The molecule has 0 fully saturated rings. The summed E-state index contributed by atoms with van der Waals surface area (Å²) in [4.78, 5) is 13.9. The highest BCUT2D eigenvalue weighted by Gasteiger charge is 1.92. The van der Waals surface area contributed by atoms with Crippen LogP contribution in [0.4, 0.5) is 0 Å². The van der Waals surface area contributed by atoms with E-state index in [2.05, 4.69) is 10.9 Å². The Balaban J connectivity index is 3.03. The molecule has 0 aromatic carbocycles. The summed E-state index contributed by atoms with van der Waals surface area (Å²) in [6.07, 6.45) is 6.17. The maximum atomic E-state index is 10.2. The Bertz CT molecular complexity index is 308. The number of carboxylic acids is 1. The van der Waals surface area contributed by atoms with Gasteiger partial charge in [-0.2, -0.15) is 0 Å². The van der Waals surface area contributed by atoms with E-state index in [4.69, 9.17) is 6.42 Å². The summed E-state index contributed by atoms with van der Waals surface area (Å²) < 4.78 is 0. The molecule has 0 unspecified atom stereocenters. The molecule has 0 radical (unpaired) electrons. The van der Waals surface area contributed by atoms with Crippen molar-refractivity contribution in [2.45, 2.75) is 0 Å². The quantitative estimate of drug-likeness (QED) is 0.498. The number of aromatic carboxylic acids is 1. The summed E-state index contributed by atoms with van der Waals surface area (Å²) in [6.45, 7) is 0. The van der Waals surface area contributed by atoms with Crippen LogP contribution in [0.15, 0.2) is 18.3 Å². The average Bonchev–Trinajstić information content (AvgIpc) is 2.05. The standard InChI is InChI=1S/C8H5NO2/c1-2-7-4-3-6(5-9-7)8(10)11/h1,3-5H,(H,10,11)/p-1. The summed E-state index contributed by atoms with van der Waals surface area (Å²) in [5, 5.41) is 10.2. The molecule has 0 saturated heterocycles. The van der Waals surface area contributed by atoms with E-state index in [0.717, 1.165) is 0 Å². The summed E-state index contributed by atoms with van der Waals surface area (Å²) in [5.41, 5.74) is 0.444. The van der Waals surface area contributed by atoms with Crippen LogP contribution in [0, 0.1) is 12.3 Å². The predicted molar refractivity (Wildman–Crippen MR) is 36.5 cm³/mol. The first-order valence-electron chi connectivity index (χ1n) is 2.88. The minimum atomic E-state index is -1.25. The van der Waals surface area contributed by atoms with E-state index in [9.17, 15) is 9.90 Å². The minimum Gasteiger partial charge on any atom is -0.545 e. The van der Waals surface area contributed by atoms with Crippen LogP contribution >= 0.6 is 0 Å². The molecule has 1 rings (SSSR count). The van der Waals surface area contributed by atoms with Crippen molar-refractivity contribution >= 4 is 5.97 Å². The van der Waals surface area contributed by atoms with E-state index >= 15 is 0 Å². The molecule has 3 heteroatoms. The zero-order chi connectivity index (χ0) is 8.27. The topological polar surface area (TPSA) is 53.0 Å². The van der Waals surface area contributed by atoms with Crippen LogP contribution < -0.4 is 5.11 Å². The normalized spacial score (nSPS) is 8.64. The van der Waals surface area contributed by atoms with Gasteiger partial charge in [-0.15, -0.1) is 6.42 Å². The first kappa shape index (κ1) is 7.29. The molecular formula is C8H4NO2-. The smallest absolute Gasteiger partial charge is 0.112 e. The van der Waals surface area contributed by atoms with Crippen LogP contribution in [-0.4, -0.2) is 11.0 Å². The third-order valence-corrected chi connectivity index (χ3v) is 1.15. The van der Waals surface area contributed by atoms with Crippen LogP contribution in [0.5, 0.6) is 0 Å². The second kappa shape index (κ2) is 2.84. The Morgan fingerprint density at radius 1 is 1.64 bits per heavy atom. The molecule has 11 heavy (non-hydrogen) atoms.